The lowest BCUT2D eigenvalue weighted by Crippen LogP contribution is -1.99. The van der Waals surface area contributed by atoms with Crippen molar-refractivity contribution < 1.29 is 0 Å². The van der Waals surface area contributed by atoms with Crippen LogP contribution in [0.25, 0.3) is 16.7 Å². The molecule has 0 aliphatic heterocycles. The van der Waals surface area contributed by atoms with Crippen LogP contribution in [0.15, 0.2) is 48.5 Å². The van der Waals surface area contributed by atoms with Crippen LogP contribution >= 0.6 is 12.4 Å². The molecule has 2 N–H and O–H groups in total. The smallest absolute Gasteiger partial charge is 0.111 e. The van der Waals surface area contributed by atoms with Crippen molar-refractivity contribution in [2.45, 2.75) is 13.5 Å². The van der Waals surface area contributed by atoms with Crippen molar-refractivity contribution in [3.05, 3.63) is 59.9 Å². The van der Waals surface area contributed by atoms with Gasteiger partial charge < -0.3 is 5.73 Å². The second-order valence-corrected chi connectivity index (χ2v) is 4.35. The first-order chi connectivity index (χ1) is 8.79. The van der Waals surface area contributed by atoms with E-state index < -0.39 is 0 Å². The average Bonchev–Trinajstić information content (AvgIpc) is 2.75. The van der Waals surface area contributed by atoms with Crippen LogP contribution in [0.1, 0.15) is 11.4 Å². The topological polar surface area (TPSA) is 43.8 Å². The highest BCUT2D eigenvalue weighted by molar-refractivity contribution is 5.85. The van der Waals surface area contributed by atoms with Gasteiger partial charge in [0.1, 0.15) is 5.82 Å². The van der Waals surface area contributed by atoms with Crippen LogP contribution in [0.2, 0.25) is 0 Å². The van der Waals surface area contributed by atoms with E-state index in [1.807, 2.05) is 25.1 Å². The molecule has 4 heteroatoms. The summed E-state index contributed by atoms with van der Waals surface area (Å²) >= 11 is 0. The predicted octanol–water partition coefficient (Wildman–Crippen LogP) is 3.21. The van der Waals surface area contributed by atoms with Crippen molar-refractivity contribution >= 4 is 23.4 Å². The fourth-order valence-corrected chi connectivity index (χ4v) is 2.25. The Hall–Kier alpha value is -1.84. The third-order valence-electron chi connectivity index (χ3n) is 3.16. The van der Waals surface area contributed by atoms with Crippen LogP contribution in [-0.4, -0.2) is 9.55 Å². The number of hydrogen-bond donors (Lipinski definition) is 1. The zero-order chi connectivity index (χ0) is 12.5. The first kappa shape index (κ1) is 13.6. The number of aromatic nitrogens is 2. The Labute approximate surface area is 118 Å². The van der Waals surface area contributed by atoms with E-state index in [0.29, 0.717) is 6.54 Å². The van der Waals surface area contributed by atoms with Gasteiger partial charge in [-0.1, -0.05) is 24.3 Å². The normalized spacial score (nSPS) is 10.4. The van der Waals surface area contributed by atoms with Crippen molar-refractivity contribution in [3.63, 3.8) is 0 Å². The number of rotatable bonds is 2. The third kappa shape index (κ3) is 2.35. The number of aryl methyl sites for hydroxylation is 1. The minimum atomic E-state index is 0. The molecule has 3 nitrogen and oxygen atoms in total. The summed E-state index contributed by atoms with van der Waals surface area (Å²) in [5, 5.41) is 0. The molecule has 0 aliphatic carbocycles. The molecule has 0 spiro atoms. The minimum absolute atomic E-state index is 0. The van der Waals surface area contributed by atoms with Crippen LogP contribution in [0, 0.1) is 6.92 Å². The number of para-hydroxylation sites is 2. The number of nitrogens with zero attached hydrogens (tertiary/aromatic N) is 2. The van der Waals surface area contributed by atoms with Gasteiger partial charge in [0.15, 0.2) is 0 Å². The molecule has 0 bridgehead atoms. The molecule has 98 valence electrons. The maximum Gasteiger partial charge on any atom is 0.111 e. The minimum Gasteiger partial charge on any atom is -0.326 e. The molecule has 0 amide bonds. The molecule has 1 heterocycles. The van der Waals surface area contributed by atoms with E-state index in [4.69, 9.17) is 5.73 Å². The van der Waals surface area contributed by atoms with Crippen molar-refractivity contribution in [1.82, 2.24) is 9.55 Å². The van der Waals surface area contributed by atoms with Crippen LogP contribution in [0.3, 0.4) is 0 Å². The Morgan fingerprint density at radius 1 is 1.05 bits per heavy atom. The fraction of sp³-hybridized carbons (Fsp3) is 0.133. The Morgan fingerprint density at radius 2 is 1.74 bits per heavy atom. The van der Waals surface area contributed by atoms with Crippen LogP contribution < -0.4 is 5.73 Å². The zero-order valence-corrected chi connectivity index (χ0v) is 11.5. The number of nitrogens with two attached hydrogens (primary N) is 1. The summed E-state index contributed by atoms with van der Waals surface area (Å²) < 4.78 is 2.16. The Kier molecular flexibility index (Phi) is 3.88. The second-order valence-electron chi connectivity index (χ2n) is 4.35. The van der Waals surface area contributed by atoms with Gasteiger partial charge in [0.25, 0.3) is 0 Å². The fourth-order valence-electron chi connectivity index (χ4n) is 2.25. The van der Waals surface area contributed by atoms with E-state index >= 15 is 0 Å². The number of fused-ring (bicyclic) bond motifs is 1. The van der Waals surface area contributed by atoms with Crippen molar-refractivity contribution in [2.24, 2.45) is 5.73 Å². The van der Waals surface area contributed by atoms with E-state index in [-0.39, 0.29) is 12.4 Å². The summed E-state index contributed by atoms with van der Waals surface area (Å²) in [6.07, 6.45) is 0. The molecule has 0 radical (unpaired) electrons. The molecule has 0 saturated heterocycles. The molecule has 0 fully saturated rings. The van der Waals surface area contributed by atoms with Crippen molar-refractivity contribution in [2.75, 3.05) is 0 Å². The first-order valence-corrected chi connectivity index (χ1v) is 6.03. The van der Waals surface area contributed by atoms with Crippen molar-refractivity contribution in [1.29, 1.82) is 0 Å². The molecule has 19 heavy (non-hydrogen) atoms. The quantitative estimate of drug-likeness (QED) is 0.779. The van der Waals surface area contributed by atoms with Crippen LogP contribution in [0.4, 0.5) is 0 Å². The lowest BCUT2D eigenvalue weighted by atomic mass is 10.2. The average molecular weight is 274 g/mol. The standard InChI is InChI=1S/C15H15N3.ClH/c1-11-17-14-4-2-3-5-15(14)18(11)13-8-6-12(10-16)7-9-13;/h2-9H,10,16H2,1H3;1H. The maximum absolute atomic E-state index is 5.62. The number of hydrogen-bond acceptors (Lipinski definition) is 2. The summed E-state index contributed by atoms with van der Waals surface area (Å²) in [4.78, 5) is 4.57. The van der Waals surface area contributed by atoms with Gasteiger partial charge in [0.05, 0.1) is 11.0 Å². The van der Waals surface area contributed by atoms with E-state index in [1.165, 1.54) is 0 Å². The number of halogens is 1. The Morgan fingerprint density at radius 3 is 2.42 bits per heavy atom. The van der Waals surface area contributed by atoms with Gasteiger partial charge in [-0.25, -0.2) is 4.98 Å². The van der Waals surface area contributed by atoms with Gasteiger partial charge in [-0.3, -0.25) is 4.57 Å². The van der Waals surface area contributed by atoms with Crippen LogP contribution in [0.5, 0.6) is 0 Å². The molecule has 1 aromatic heterocycles. The Bertz CT molecular complexity index is 686. The molecule has 0 unspecified atom stereocenters. The molecule has 2 aromatic carbocycles. The van der Waals surface area contributed by atoms with E-state index in [2.05, 4.69) is 39.9 Å². The number of benzene rings is 2. The summed E-state index contributed by atoms with van der Waals surface area (Å²) in [6.45, 7) is 2.60. The molecule has 3 aromatic rings. The SMILES string of the molecule is Cc1nc2ccccc2n1-c1ccc(CN)cc1.Cl. The highest BCUT2D eigenvalue weighted by atomic mass is 35.5. The summed E-state index contributed by atoms with van der Waals surface area (Å²) in [7, 11) is 0. The van der Waals surface area contributed by atoms with Gasteiger partial charge in [0, 0.05) is 12.2 Å². The van der Waals surface area contributed by atoms with E-state index in [9.17, 15) is 0 Å². The van der Waals surface area contributed by atoms with Gasteiger partial charge >= 0.3 is 0 Å². The highest BCUT2D eigenvalue weighted by Crippen LogP contribution is 2.21. The molecular formula is C15H16ClN3. The first-order valence-electron chi connectivity index (χ1n) is 6.03. The van der Waals surface area contributed by atoms with Gasteiger partial charge in [-0.2, -0.15) is 0 Å². The molecular weight excluding hydrogens is 258 g/mol. The lowest BCUT2D eigenvalue weighted by molar-refractivity contribution is 0.994. The highest BCUT2D eigenvalue weighted by Gasteiger charge is 2.07. The summed E-state index contributed by atoms with van der Waals surface area (Å²) in [5.41, 5.74) is 10.0. The monoisotopic (exact) mass is 273 g/mol. The summed E-state index contributed by atoms with van der Waals surface area (Å²) in [5.74, 6) is 0.997. The second kappa shape index (κ2) is 5.43. The van der Waals surface area contributed by atoms with Crippen molar-refractivity contribution in [3.8, 4) is 5.69 Å². The molecule has 0 saturated carbocycles. The predicted molar refractivity (Wildman–Crippen MR) is 80.9 cm³/mol. The maximum atomic E-state index is 5.62. The molecule has 0 atom stereocenters. The summed E-state index contributed by atoms with van der Waals surface area (Å²) in [6, 6.07) is 16.5. The number of imidazole rings is 1. The molecule has 0 aliphatic rings. The Balaban J connectivity index is 0.00000133. The third-order valence-corrected chi connectivity index (χ3v) is 3.16. The van der Waals surface area contributed by atoms with Gasteiger partial charge in [-0.05, 0) is 36.8 Å². The largest absolute Gasteiger partial charge is 0.326 e. The zero-order valence-electron chi connectivity index (χ0n) is 10.7. The molecule has 3 rings (SSSR count). The van der Waals surface area contributed by atoms with E-state index in [1.54, 1.807) is 0 Å². The van der Waals surface area contributed by atoms with Crippen LogP contribution in [-0.2, 0) is 6.54 Å². The lowest BCUT2D eigenvalue weighted by Gasteiger charge is -2.07. The van der Waals surface area contributed by atoms with Gasteiger partial charge in [0.2, 0.25) is 0 Å². The van der Waals surface area contributed by atoms with E-state index in [0.717, 1.165) is 28.1 Å². The van der Waals surface area contributed by atoms with Gasteiger partial charge in [-0.15, -0.1) is 12.4 Å².